The fourth-order valence-corrected chi connectivity index (χ4v) is 4.26. The molecule has 3 aromatic rings. The molecule has 0 aliphatic heterocycles. The van der Waals surface area contributed by atoms with Crippen LogP contribution in [-0.2, 0) is 19.6 Å². The first-order chi connectivity index (χ1) is 14.6. The quantitative estimate of drug-likeness (QED) is 0.472. The molecule has 2 aromatic heterocycles. The number of hydrogen-bond acceptors (Lipinski definition) is 3. The monoisotopic (exact) mass is 478 g/mol. The average Bonchev–Trinajstić information content (AvgIpc) is 3.14. The molecule has 0 unspecified atom stereocenters. The maximum Gasteiger partial charge on any atom is 0.173 e. The number of aromatic nitrogens is 4. The molecule has 2 heterocycles. The number of aryl methyl sites for hydroxylation is 3. The molecule has 1 N–H and O–H groups in total. The molecule has 0 spiro atoms. The Balaban J connectivity index is 1.75. The highest BCUT2D eigenvalue weighted by molar-refractivity contribution is 7.80. The molecular formula is C22H28Cl2N6S. The molecule has 0 amide bonds. The van der Waals surface area contributed by atoms with Gasteiger partial charge >= 0.3 is 0 Å². The molecule has 31 heavy (non-hydrogen) atoms. The van der Waals surface area contributed by atoms with Crippen LogP contribution >= 0.6 is 35.4 Å². The fraction of sp³-hybridized carbons (Fsp3) is 0.409. The molecule has 0 atom stereocenters. The van der Waals surface area contributed by atoms with Crippen LogP contribution in [0.2, 0.25) is 10.0 Å². The van der Waals surface area contributed by atoms with E-state index in [1.165, 1.54) is 11.3 Å². The fourth-order valence-electron chi connectivity index (χ4n) is 3.63. The minimum Gasteiger partial charge on any atom is -0.348 e. The van der Waals surface area contributed by atoms with E-state index in [1.54, 1.807) is 6.07 Å². The SMILES string of the molecule is CCn1nc(C)c(CN(C)C(=S)Nc2c(C)nn(Cc3ccc(Cl)cc3Cl)c2C)c1C. The maximum atomic E-state index is 6.34. The molecule has 1 aromatic carbocycles. The summed E-state index contributed by atoms with van der Waals surface area (Å²) in [5.74, 6) is 0. The van der Waals surface area contributed by atoms with Gasteiger partial charge in [0.1, 0.15) is 0 Å². The van der Waals surface area contributed by atoms with E-state index in [2.05, 4.69) is 29.4 Å². The Hall–Kier alpha value is -2.09. The molecule has 6 nitrogen and oxygen atoms in total. The Bertz CT molecular complexity index is 1120. The summed E-state index contributed by atoms with van der Waals surface area (Å²) in [6.45, 7) is 12.3. The highest BCUT2D eigenvalue weighted by Crippen LogP contribution is 2.25. The first kappa shape index (κ1) is 23.6. The number of anilines is 1. The Morgan fingerprint density at radius 3 is 2.35 bits per heavy atom. The van der Waals surface area contributed by atoms with Gasteiger partial charge in [0.25, 0.3) is 0 Å². The highest BCUT2D eigenvalue weighted by Gasteiger charge is 2.18. The van der Waals surface area contributed by atoms with Gasteiger partial charge in [-0.1, -0.05) is 29.3 Å². The molecule has 166 valence electrons. The normalized spacial score (nSPS) is 11.1. The minimum absolute atomic E-state index is 0.557. The summed E-state index contributed by atoms with van der Waals surface area (Å²) in [7, 11) is 1.99. The molecule has 0 fully saturated rings. The van der Waals surface area contributed by atoms with E-state index >= 15 is 0 Å². The van der Waals surface area contributed by atoms with Gasteiger partial charge < -0.3 is 10.2 Å². The number of nitrogens with one attached hydrogen (secondary N) is 1. The smallest absolute Gasteiger partial charge is 0.173 e. The van der Waals surface area contributed by atoms with E-state index in [-0.39, 0.29) is 0 Å². The third-order valence-electron chi connectivity index (χ3n) is 5.52. The second kappa shape index (κ2) is 9.59. The largest absolute Gasteiger partial charge is 0.348 e. The van der Waals surface area contributed by atoms with E-state index in [1.807, 2.05) is 54.2 Å². The van der Waals surface area contributed by atoms with Crippen molar-refractivity contribution in [3.8, 4) is 0 Å². The Morgan fingerprint density at radius 2 is 1.74 bits per heavy atom. The number of nitrogens with zero attached hydrogens (tertiary/aromatic N) is 5. The molecule has 0 aliphatic rings. The van der Waals surface area contributed by atoms with E-state index in [0.29, 0.717) is 28.2 Å². The zero-order valence-corrected chi connectivity index (χ0v) is 21.1. The second-order valence-corrected chi connectivity index (χ2v) is 8.92. The summed E-state index contributed by atoms with van der Waals surface area (Å²) in [4.78, 5) is 2.03. The van der Waals surface area contributed by atoms with E-state index < -0.39 is 0 Å². The van der Waals surface area contributed by atoms with Crippen molar-refractivity contribution < 1.29 is 0 Å². The van der Waals surface area contributed by atoms with Crippen molar-refractivity contribution >= 4 is 46.2 Å². The zero-order valence-electron chi connectivity index (χ0n) is 18.8. The highest BCUT2D eigenvalue weighted by atomic mass is 35.5. The molecule has 0 aliphatic carbocycles. The van der Waals surface area contributed by atoms with Crippen molar-refractivity contribution in [2.24, 2.45) is 0 Å². The standard InChI is InChI=1S/C22H28Cl2N6S/c1-7-29-15(4)19(13(2)26-29)12-28(6)22(31)25-21-14(3)27-30(16(21)5)11-17-8-9-18(23)10-20(17)24/h8-10H,7,11-12H2,1-6H3,(H,25,31). The van der Waals surface area contributed by atoms with Crippen LogP contribution < -0.4 is 5.32 Å². The summed E-state index contributed by atoms with van der Waals surface area (Å²) in [5.41, 5.74) is 7.16. The van der Waals surface area contributed by atoms with Crippen molar-refractivity contribution in [2.45, 2.75) is 54.3 Å². The van der Waals surface area contributed by atoms with Crippen LogP contribution in [0.3, 0.4) is 0 Å². The lowest BCUT2D eigenvalue weighted by Gasteiger charge is -2.21. The van der Waals surface area contributed by atoms with Gasteiger partial charge in [-0.3, -0.25) is 9.36 Å². The van der Waals surface area contributed by atoms with Crippen LogP contribution in [0.15, 0.2) is 18.2 Å². The third-order valence-corrected chi connectivity index (χ3v) is 6.52. The van der Waals surface area contributed by atoms with Gasteiger partial charge in [-0.2, -0.15) is 10.2 Å². The van der Waals surface area contributed by atoms with Crippen molar-refractivity contribution in [3.63, 3.8) is 0 Å². The van der Waals surface area contributed by atoms with Crippen molar-refractivity contribution in [1.82, 2.24) is 24.5 Å². The Labute approximate surface area is 199 Å². The lowest BCUT2D eigenvalue weighted by molar-refractivity contribution is 0.504. The van der Waals surface area contributed by atoms with Gasteiger partial charge in [0.2, 0.25) is 0 Å². The zero-order chi connectivity index (χ0) is 22.9. The van der Waals surface area contributed by atoms with Gasteiger partial charge in [0.05, 0.1) is 29.3 Å². The Kier molecular flexibility index (Phi) is 7.29. The number of rotatable bonds is 6. The number of thiocarbonyl (C=S) groups is 1. The predicted molar refractivity (Wildman–Crippen MR) is 132 cm³/mol. The predicted octanol–water partition coefficient (Wildman–Crippen LogP) is 5.52. The molecular weight excluding hydrogens is 451 g/mol. The third kappa shape index (κ3) is 5.05. The summed E-state index contributed by atoms with van der Waals surface area (Å²) < 4.78 is 3.95. The number of hydrogen-bond donors (Lipinski definition) is 1. The van der Waals surface area contributed by atoms with Crippen LogP contribution in [0.4, 0.5) is 5.69 Å². The van der Waals surface area contributed by atoms with Crippen molar-refractivity contribution in [2.75, 3.05) is 12.4 Å². The number of halogens is 2. The van der Waals surface area contributed by atoms with Crippen LogP contribution in [0.5, 0.6) is 0 Å². The van der Waals surface area contributed by atoms with E-state index in [4.69, 9.17) is 35.4 Å². The van der Waals surface area contributed by atoms with Crippen LogP contribution in [0, 0.1) is 27.7 Å². The first-order valence-electron chi connectivity index (χ1n) is 10.1. The molecule has 0 radical (unpaired) electrons. The lowest BCUT2D eigenvalue weighted by Crippen LogP contribution is -2.31. The van der Waals surface area contributed by atoms with Gasteiger partial charge in [-0.25, -0.2) is 0 Å². The number of benzene rings is 1. The van der Waals surface area contributed by atoms with E-state index in [0.717, 1.165) is 34.9 Å². The molecule has 9 heteroatoms. The average molecular weight is 479 g/mol. The second-order valence-electron chi connectivity index (χ2n) is 7.69. The van der Waals surface area contributed by atoms with E-state index in [9.17, 15) is 0 Å². The van der Waals surface area contributed by atoms with Gasteiger partial charge in [-0.15, -0.1) is 0 Å². The summed E-state index contributed by atoms with van der Waals surface area (Å²) in [6.07, 6.45) is 0. The summed E-state index contributed by atoms with van der Waals surface area (Å²) >= 11 is 18.0. The maximum absolute atomic E-state index is 6.34. The Morgan fingerprint density at radius 1 is 1.06 bits per heavy atom. The van der Waals surface area contributed by atoms with Crippen molar-refractivity contribution in [1.29, 1.82) is 0 Å². The topological polar surface area (TPSA) is 50.9 Å². The molecule has 0 bridgehead atoms. The molecule has 0 saturated heterocycles. The van der Waals surface area contributed by atoms with Crippen LogP contribution in [0.1, 0.15) is 40.8 Å². The van der Waals surface area contributed by atoms with Crippen LogP contribution in [0.25, 0.3) is 0 Å². The lowest BCUT2D eigenvalue weighted by atomic mass is 10.2. The van der Waals surface area contributed by atoms with Gasteiger partial charge in [0.15, 0.2) is 5.11 Å². The first-order valence-corrected chi connectivity index (χ1v) is 11.3. The van der Waals surface area contributed by atoms with Crippen LogP contribution in [-0.4, -0.2) is 36.6 Å². The summed E-state index contributed by atoms with van der Waals surface area (Å²) in [5, 5.41) is 14.5. The van der Waals surface area contributed by atoms with Crippen molar-refractivity contribution in [3.05, 3.63) is 62.1 Å². The summed E-state index contributed by atoms with van der Waals surface area (Å²) in [6, 6.07) is 5.51. The van der Waals surface area contributed by atoms with Gasteiger partial charge in [0, 0.05) is 41.4 Å². The molecule has 3 rings (SSSR count). The minimum atomic E-state index is 0.557. The molecule has 0 saturated carbocycles. The van der Waals surface area contributed by atoms with Gasteiger partial charge in [-0.05, 0) is 64.5 Å².